The minimum Gasteiger partial charge on any atom is -0.495 e. The zero-order valence-electron chi connectivity index (χ0n) is 12.7. The van der Waals surface area contributed by atoms with Crippen LogP contribution in [0.2, 0.25) is 15.1 Å². The van der Waals surface area contributed by atoms with Crippen LogP contribution in [0.5, 0.6) is 5.75 Å². The van der Waals surface area contributed by atoms with Crippen LogP contribution in [-0.2, 0) is 9.59 Å². The van der Waals surface area contributed by atoms with Crippen LogP contribution in [0.4, 0.5) is 11.4 Å². The lowest BCUT2D eigenvalue weighted by Crippen LogP contribution is -2.29. The summed E-state index contributed by atoms with van der Waals surface area (Å²) in [4.78, 5) is 24.1. The standard InChI is InChI=1S/C16H13Cl3N2O3/c1-8-5-13(14(24-2)7-11(8)19)21-16(23)15(22)20-12-6-9(17)3-4-10(12)18/h3-7H,1-2H3,(H,20,22)(H,21,23). The van der Waals surface area contributed by atoms with Crippen molar-refractivity contribution < 1.29 is 14.3 Å². The minimum atomic E-state index is -0.895. The zero-order chi connectivity index (χ0) is 17.9. The second-order valence-corrected chi connectivity index (χ2v) is 6.08. The topological polar surface area (TPSA) is 67.4 Å². The van der Waals surface area contributed by atoms with Crippen LogP contribution < -0.4 is 15.4 Å². The fourth-order valence-corrected chi connectivity index (χ4v) is 2.37. The molecule has 0 unspecified atom stereocenters. The van der Waals surface area contributed by atoms with E-state index in [1.165, 1.54) is 19.2 Å². The summed E-state index contributed by atoms with van der Waals surface area (Å²) >= 11 is 17.8. The predicted molar refractivity (Wildman–Crippen MR) is 96.5 cm³/mol. The van der Waals surface area contributed by atoms with Crippen LogP contribution in [0.25, 0.3) is 0 Å². The van der Waals surface area contributed by atoms with Gasteiger partial charge in [0, 0.05) is 16.1 Å². The number of hydrogen-bond acceptors (Lipinski definition) is 3. The van der Waals surface area contributed by atoms with Gasteiger partial charge in [0.25, 0.3) is 0 Å². The number of methoxy groups -OCH3 is 1. The Morgan fingerprint density at radius 3 is 2.17 bits per heavy atom. The van der Waals surface area contributed by atoms with E-state index in [1.54, 1.807) is 25.1 Å². The SMILES string of the molecule is COc1cc(Cl)c(C)cc1NC(=O)C(=O)Nc1cc(Cl)ccc1Cl. The van der Waals surface area contributed by atoms with Gasteiger partial charge in [0.2, 0.25) is 0 Å². The Morgan fingerprint density at radius 1 is 0.917 bits per heavy atom. The zero-order valence-corrected chi connectivity index (χ0v) is 15.0. The Labute approximate surface area is 153 Å². The molecule has 0 spiro atoms. The van der Waals surface area contributed by atoms with E-state index in [9.17, 15) is 9.59 Å². The second-order valence-electron chi connectivity index (χ2n) is 4.83. The molecule has 0 saturated heterocycles. The predicted octanol–water partition coefficient (Wildman–Crippen LogP) is 4.54. The third-order valence-electron chi connectivity index (χ3n) is 3.11. The third kappa shape index (κ3) is 4.32. The Hall–Kier alpha value is -1.95. The highest BCUT2D eigenvalue weighted by Gasteiger charge is 2.18. The van der Waals surface area contributed by atoms with Crippen molar-refractivity contribution in [3.05, 3.63) is 51.0 Å². The minimum absolute atomic E-state index is 0.239. The maximum atomic E-state index is 12.1. The van der Waals surface area contributed by atoms with Crippen LogP contribution in [0.15, 0.2) is 30.3 Å². The van der Waals surface area contributed by atoms with Crippen molar-refractivity contribution in [2.75, 3.05) is 17.7 Å². The van der Waals surface area contributed by atoms with Crippen LogP contribution in [0, 0.1) is 6.92 Å². The number of ether oxygens (including phenoxy) is 1. The summed E-state index contributed by atoms with van der Waals surface area (Å²) in [7, 11) is 1.43. The van der Waals surface area contributed by atoms with Gasteiger partial charge in [0.15, 0.2) is 0 Å². The molecule has 0 atom stereocenters. The van der Waals surface area contributed by atoms with Crippen LogP contribution in [0.3, 0.4) is 0 Å². The lowest BCUT2D eigenvalue weighted by Gasteiger charge is -2.12. The fourth-order valence-electron chi connectivity index (χ4n) is 1.88. The van der Waals surface area contributed by atoms with E-state index in [1.807, 2.05) is 0 Å². The average Bonchev–Trinajstić information content (AvgIpc) is 2.54. The number of nitrogens with one attached hydrogen (secondary N) is 2. The molecule has 5 nitrogen and oxygen atoms in total. The molecule has 0 radical (unpaired) electrons. The van der Waals surface area contributed by atoms with Crippen molar-refractivity contribution in [3.63, 3.8) is 0 Å². The summed E-state index contributed by atoms with van der Waals surface area (Å²) < 4.78 is 5.15. The van der Waals surface area contributed by atoms with Gasteiger partial charge in [-0.2, -0.15) is 0 Å². The van der Waals surface area contributed by atoms with Gasteiger partial charge in [-0.15, -0.1) is 0 Å². The van der Waals surface area contributed by atoms with Gasteiger partial charge in [-0.3, -0.25) is 9.59 Å². The summed E-state index contributed by atoms with van der Waals surface area (Å²) in [6.07, 6.45) is 0. The number of anilines is 2. The first-order valence-corrected chi connectivity index (χ1v) is 7.86. The molecule has 0 aliphatic carbocycles. The smallest absolute Gasteiger partial charge is 0.314 e. The molecule has 8 heteroatoms. The monoisotopic (exact) mass is 386 g/mol. The number of amides is 2. The van der Waals surface area contributed by atoms with Crippen molar-refractivity contribution in [2.45, 2.75) is 6.92 Å². The number of carbonyl (C=O) groups excluding carboxylic acids is 2. The summed E-state index contributed by atoms with van der Waals surface area (Å²) in [5.74, 6) is -1.44. The molecule has 126 valence electrons. The molecule has 24 heavy (non-hydrogen) atoms. The number of benzene rings is 2. The molecule has 2 aromatic carbocycles. The summed E-state index contributed by atoms with van der Waals surface area (Å²) in [5.41, 5.74) is 1.30. The Kier molecular flexibility index (Phi) is 5.94. The fraction of sp³-hybridized carbons (Fsp3) is 0.125. The molecule has 2 amide bonds. The lowest BCUT2D eigenvalue weighted by atomic mass is 10.2. The van der Waals surface area contributed by atoms with Crippen molar-refractivity contribution in [3.8, 4) is 5.75 Å². The molecule has 0 aliphatic heterocycles. The van der Waals surface area contributed by atoms with Crippen LogP contribution in [0.1, 0.15) is 5.56 Å². The van der Waals surface area contributed by atoms with Crippen molar-refractivity contribution in [1.82, 2.24) is 0 Å². The van der Waals surface area contributed by atoms with Gasteiger partial charge in [0.05, 0.1) is 23.5 Å². The molecule has 0 bridgehead atoms. The van der Waals surface area contributed by atoms with E-state index >= 15 is 0 Å². The van der Waals surface area contributed by atoms with Gasteiger partial charge in [-0.25, -0.2) is 0 Å². The molecule has 0 aromatic heterocycles. The number of carbonyl (C=O) groups is 2. The maximum Gasteiger partial charge on any atom is 0.314 e. The molecular weight excluding hydrogens is 375 g/mol. The van der Waals surface area contributed by atoms with E-state index in [2.05, 4.69) is 10.6 Å². The highest BCUT2D eigenvalue weighted by atomic mass is 35.5. The van der Waals surface area contributed by atoms with E-state index in [-0.39, 0.29) is 10.7 Å². The van der Waals surface area contributed by atoms with E-state index < -0.39 is 11.8 Å². The molecule has 2 rings (SSSR count). The summed E-state index contributed by atoms with van der Waals surface area (Å²) in [5, 5.41) is 6.00. The first-order valence-electron chi connectivity index (χ1n) is 6.73. The van der Waals surface area contributed by atoms with Gasteiger partial charge in [-0.1, -0.05) is 34.8 Å². The molecule has 0 saturated carbocycles. The van der Waals surface area contributed by atoms with E-state index in [0.717, 1.165) is 5.56 Å². The maximum absolute atomic E-state index is 12.1. The normalized spacial score (nSPS) is 10.2. The lowest BCUT2D eigenvalue weighted by molar-refractivity contribution is -0.133. The number of hydrogen-bond donors (Lipinski definition) is 2. The summed E-state index contributed by atoms with van der Waals surface area (Å²) in [6, 6.07) is 7.70. The first-order chi connectivity index (χ1) is 11.3. The molecule has 2 N–H and O–H groups in total. The Balaban J connectivity index is 2.16. The second kappa shape index (κ2) is 7.75. The molecule has 0 fully saturated rings. The largest absolute Gasteiger partial charge is 0.495 e. The number of aryl methyl sites for hydroxylation is 1. The highest BCUT2D eigenvalue weighted by molar-refractivity contribution is 6.45. The molecule has 0 aliphatic rings. The van der Waals surface area contributed by atoms with Crippen molar-refractivity contribution >= 4 is 58.0 Å². The van der Waals surface area contributed by atoms with Crippen molar-refractivity contribution in [2.24, 2.45) is 0 Å². The summed E-state index contributed by atoms with van der Waals surface area (Å²) in [6.45, 7) is 1.77. The van der Waals surface area contributed by atoms with Crippen LogP contribution in [-0.4, -0.2) is 18.9 Å². The van der Waals surface area contributed by atoms with E-state index in [4.69, 9.17) is 39.5 Å². The Bertz CT molecular complexity index is 809. The quantitative estimate of drug-likeness (QED) is 0.760. The van der Waals surface area contributed by atoms with E-state index in [0.29, 0.717) is 21.5 Å². The Morgan fingerprint density at radius 2 is 1.54 bits per heavy atom. The van der Waals surface area contributed by atoms with Crippen LogP contribution >= 0.6 is 34.8 Å². The highest BCUT2D eigenvalue weighted by Crippen LogP contribution is 2.31. The molecule has 2 aromatic rings. The third-order valence-corrected chi connectivity index (χ3v) is 4.08. The van der Waals surface area contributed by atoms with Gasteiger partial charge >= 0.3 is 11.8 Å². The molecular formula is C16H13Cl3N2O3. The molecule has 0 heterocycles. The number of rotatable bonds is 3. The van der Waals surface area contributed by atoms with Gasteiger partial charge in [-0.05, 0) is 36.8 Å². The van der Waals surface area contributed by atoms with Gasteiger partial charge < -0.3 is 15.4 Å². The van der Waals surface area contributed by atoms with Crippen molar-refractivity contribution in [1.29, 1.82) is 0 Å². The van der Waals surface area contributed by atoms with Gasteiger partial charge in [0.1, 0.15) is 5.75 Å². The number of halogens is 3. The first kappa shape index (κ1) is 18.4. The average molecular weight is 388 g/mol.